The quantitative estimate of drug-likeness (QED) is 0.505. The summed E-state index contributed by atoms with van der Waals surface area (Å²) in [7, 11) is 0. The summed E-state index contributed by atoms with van der Waals surface area (Å²) in [4.78, 5) is 28.6. The first-order valence-electron chi connectivity index (χ1n) is 10.7. The summed E-state index contributed by atoms with van der Waals surface area (Å²) in [6.45, 7) is 9.11. The Labute approximate surface area is 191 Å². The van der Waals surface area contributed by atoms with Crippen LogP contribution in [-0.4, -0.2) is 28.1 Å². The van der Waals surface area contributed by atoms with E-state index in [0.717, 1.165) is 40.9 Å². The summed E-state index contributed by atoms with van der Waals surface area (Å²) in [5.74, 6) is -1.22. The largest absolute Gasteiger partial charge is 0.366 e. The van der Waals surface area contributed by atoms with E-state index < -0.39 is 22.8 Å². The van der Waals surface area contributed by atoms with Gasteiger partial charge in [0.2, 0.25) is 0 Å². The predicted octanol–water partition coefficient (Wildman–Crippen LogP) is 6.31. The number of carbonyl (C=O) groups is 2. The van der Waals surface area contributed by atoms with Crippen molar-refractivity contribution < 1.29 is 18.4 Å². The summed E-state index contributed by atoms with van der Waals surface area (Å²) in [6.07, 6.45) is 2.36. The van der Waals surface area contributed by atoms with Gasteiger partial charge in [0.25, 0.3) is 11.1 Å². The molecule has 0 saturated carbocycles. The average molecular weight is 457 g/mol. The van der Waals surface area contributed by atoms with Crippen LogP contribution in [0.4, 0.5) is 19.3 Å². The predicted molar refractivity (Wildman–Crippen MR) is 124 cm³/mol. The molecule has 2 aliphatic heterocycles. The van der Waals surface area contributed by atoms with Gasteiger partial charge in [0.15, 0.2) is 0 Å². The minimum Gasteiger partial charge on any atom is -0.366 e. The van der Waals surface area contributed by atoms with Crippen LogP contribution >= 0.6 is 11.8 Å². The van der Waals surface area contributed by atoms with Crippen LogP contribution in [0.1, 0.15) is 56.7 Å². The number of benzene rings is 2. The van der Waals surface area contributed by atoms with E-state index in [1.807, 2.05) is 0 Å². The molecule has 1 fully saturated rings. The molecule has 4 rings (SSSR count). The molecule has 2 amide bonds. The Morgan fingerprint density at radius 2 is 1.88 bits per heavy atom. The molecular formula is C25H26F2N2O2S. The van der Waals surface area contributed by atoms with E-state index in [9.17, 15) is 14.0 Å². The van der Waals surface area contributed by atoms with Crippen molar-refractivity contribution in [1.82, 2.24) is 4.90 Å². The van der Waals surface area contributed by atoms with Gasteiger partial charge in [-0.15, -0.1) is 0 Å². The molecule has 0 aromatic heterocycles. The number of hydrogen-bond acceptors (Lipinski definition) is 4. The summed E-state index contributed by atoms with van der Waals surface area (Å²) in [5.41, 5.74) is 2.36. The highest BCUT2D eigenvalue weighted by molar-refractivity contribution is 8.18. The van der Waals surface area contributed by atoms with Gasteiger partial charge in [-0.2, -0.15) is 0 Å². The van der Waals surface area contributed by atoms with E-state index in [1.165, 1.54) is 24.3 Å². The Balaban J connectivity index is 1.66. The maximum atomic E-state index is 15.1. The van der Waals surface area contributed by atoms with Crippen LogP contribution in [0.2, 0.25) is 0 Å². The topological polar surface area (TPSA) is 40.6 Å². The lowest BCUT2D eigenvalue weighted by Crippen LogP contribution is -2.48. The lowest BCUT2D eigenvalue weighted by atomic mass is 9.79. The molecule has 1 atom stereocenters. The van der Waals surface area contributed by atoms with Gasteiger partial charge in [-0.25, -0.2) is 8.78 Å². The number of thioether (sulfide) groups is 1. The van der Waals surface area contributed by atoms with Crippen molar-refractivity contribution in [2.45, 2.75) is 52.1 Å². The van der Waals surface area contributed by atoms with Crippen LogP contribution in [0.5, 0.6) is 0 Å². The smallest absolute Gasteiger partial charge is 0.293 e. The number of anilines is 1. The highest BCUT2D eigenvalue weighted by Gasteiger charge is 2.38. The Morgan fingerprint density at radius 3 is 2.56 bits per heavy atom. The number of halogens is 2. The van der Waals surface area contributed by atoms with Gasteiger partial charge in [-0.3, -0.25) is 14.5 Å². The molecule has 2 heterocycles. The van der Waals surface area contributed by atoms with Crippen molar-refractivity contribution in [3.05, 3.63) is 69.6 Å². The monoisotopic (exact) mass is 456 g/mol. The molecule has 32 heavy (non-hydrogen) atoms. The van der Waals surface area contributed by atoms with E-state index in [2.05, 4.69) is 32.6 Å². The van der Waals surface area contributed by atoms with Crippen molar-refractivity contribution in [3.8, 4) is 0 Å². The molecule has 0 spiro atoms. The molecule has 1 unspecified atom stereocenters. The van der Waals surface area contributed by atoms with Gasteiger partial charge in [0, 0.05) is 28.9 Å². The van der Waals surface area contributed by atoms with Gasteiger partial charge in [0.1, 0.15) is 11.6 Å². The first-order valence-corrected chi connectivity index (χ1v) is 11.5. The second-order valence-corrected chi connectivity index (χ2v) is 9.95. The van der Waals surface area contributed by atoms with Gasteiger partial charge in [-0.05, 0) is 74.7 Å². The molecule has 4 nitrogen and oxygen atoms in total. The standard InChI is InChI=1S/C25H26F2N2O2S/c1-5-29-21-12-20(27)17(10-18(21)15(2)13-25(29,3)4)11-22-23(30)28(24(31)32-22)14-16-8-6-7-9-19(16)26/h6-12,15H,5,13-14H2,1-4H3/b22-11+. The number of carbonyl (C=O) groups excluding carboxylic acids is 2. The molecule has 2 aromatic rings. The zero-order chi connectivity index (χ0) is 23.2. The fourth-order valence-corrected chi connectivity index (χ4v) is 5.63. The number of rotatable bonds is 4. The van der Waals surface area contributed by atoms with Crippen molar-refractivity contribution in [2.75, 3.05) is 11.4 Å². The van der Waals surface area contributed by atoms with E-state index in [4.69, 9.17) is 0 Å². The summed E-state index contributed by atoms with van der Waals surface area (Å²) < 4.78 is 29.1. The molecule has 0 bridgehead atoms. The minimum atomic E-state index is -0.537. The number of amides is 2. The summed E-state index contributed by atoms with van der Waals surface area (Å²) in [6, 6.07) is 9.34. The fraction of sp³-hybridized carbons (Fsp3) is 0.360. The average Bonchev–Trinajstić information content (AvgIpc) is 2.98. The fourth-order valence-electron chi connectivity index (χ4n) is 4.80. The Bertz CT molecular complexity index is 1130. The number of fused-ring (bicyclic) bond motifs is 1. The highest BCUT2D eigenvalue weighted by Crippen LogP contribution is 2.44. The first-order chi connectivity index (χ1) is 15.1. The normalized spacial score (nSPS) is 21.4. The van der Waals surface area contributed by atoms with Gasteiger partial charge in [0.05, 0.1) is 11.4 Å². The SMILES string of the molecule is CCN1c2cc(F)c(/C=C3/SC(=O)N(Cc4ccccc4F)C3=O)cc2C(C)CC1(C)C. The molecule has 0 aliphatic carbocycles. The van der Waals surface area contributed by atoms with E-state index in [1.54, 1.807) is 18.2 Å². The van der Waals surface area contributed by atoms with Gasteiger partial charge >= 0.3 is 0 Å². The summed E-state index contributed by atoms with van der Waals surface area (Å²) in [5, 5.41) is -0.491. The molecular weight excluding hydrogens is 430 g/mol. The van der Waals surface area contributed by atoms with Crippen LogP contribution < -0.4 is 4.90 Å². The minimum absolute atomic E-state index is 0.0789. The van der Waals surface area contributed by atoms with Crippen LogP contribution in [0.15, 0.2) is 41.3 Å². The third-order valence-corrected chi connectivity index (χ3v) is 7.17. The lowest BCUT2D eigenvalue weighted by Gasteiger charge is -2.47. The highest BCUT2D eigenvalue weighted by atomic mass is 32.2. The van der Waals surface area contributed by atoms with Crippen molar-refractivity contribution in [1.29, 1.82) is 0 Å². The third-order valence-electron chi connectivity index (χ3n) is 6.27. The molecule has 0 N–H and O–H groups in total. The second kappa shape index (κ2) is 8.35. The maximum Gasteiger partial charge on any atom is 0.293 e. The summed E-state index contributed by atoms with van der Waals surface area (Å²) >= 11 is 0.752. The van der Waals surface area contributed by atoms with Crippen molar-refractivity contribution in [3.63, 3.8) is 0 Å². The number of hydrogen-bond donors (Lipinski definition) is 0. The molecule has 168 valence electrons. The Hall–Kier alpha value is -2.67. The molecule has 2 aliphatic rings. The van der Waals surface area contributed by atoms with Crippen LogP contribution in [0.3, 0.4) is 0 Å². The molecule has 2 aromatic carbocycles. The Kier molecular flexibility index (Phi) is 5.88. The van der Waals surface area contributed by atoms with Crippen molar-refractivity contribution >= 4 is 34.7 Å². The first kappa shape index (κ1) is 22.5. The zero-order valence-electron chi connectivity index (χ0n) is 18.6. The van der Waals surface area contributed by atoms with Crippen LogP contribution in [0.25, 0.3) is 6.08 Å². The zero-order valence-corrected chi connectivity index (χ0v) is 19.4. The van der Waals surface area contributed by atoms with E-state index in [0.29, 0.717) is 0 Å². The molecule has 1 saturated heterocycles. The lowest BCUT2D eigenvalue weighted by molar-refractivity contribution is -0.123. The number of nitrogens with zero attached hydrogens (tertiary/aromatic N) is 2. The van der Waals surface area contributed by atoms with E-state index in [-0.39, 0.29) is 34.0 Å². The van der Waals surface area contributed by atoms with Gasteiger partial charge in [-0.1, -0.05) is 25.1 Å². The molecule has 0 radical (unpaired) electrons. The van der Waals surface area contributed by atoms with Crippen molar-refractivity contribution in [2.24, 2.45) is 0 Å². The Morgan fingerprint density at radius 1 is 1.16 bits per heavy atom. The van der Waals surface area contributed by atoms with Crippen LogP contribution in [0, 0.1) is 11.6 Å². The third kappa shape index (κ3) is 3.94. The van der Waals surface area contributed by atoms with Gasteiger partial charge < -0.3 is 4.90 Å². The van der Waals surface area contributed by atoms with Crippen LogP contribution in [-0.2, 0) is 11.3 Å². The maximum absolute atomic E-state index is 15.1. The number of imide groups is 1. The van der Waals surface area contributed by atoms with E-state index >= 15 is 4.39 Å². The molecule has 7 heteroatoms. The second-order valence-electron chi connectivity index (χ2n) is 8.95.